The molecule has 0 atom stereocenters. The highest BCUT2D eigenvalue weighted by molar-refractivity contribution is 6.30. The number of hydrogen-bond acceptors (Lipinski definition) is 8. The fourth-order valence-corrected chi connectivity index (χ4v) is 5.76. The van der Waals surface area contributed by atoms with Crippen LogP contribution in [0.4, 0.5) is 33.8 Å². The molecule has 3 N–H and O–H groups in total. The van der Waals surface area contributed by atoms with Crippen LogP contribution in [0.3, 0.4) is 0 Å². The van der Waals surface area contributed by atoms with Gasteiger partial charge in [0.2, 0.25) is 5.95 Å². The molecule has 0 bridgehead atoms. The normalized spacial score (nSPS) is 18.1. The molecule has 3 aliphatic heterocycles. The smallest absolute Gasteiger partial charge is 0.321 e. The van der Waals surface area contributed by atoms with Crippen LogP contribution in [-0.4, -0.2) is 91.7 Å². The number of fused-ring (bicyclic) bond motifs is 1. The van der Waals surface area contributed by atoms with E-state index in [1.165, 1.54) is 16.8 Å². The zero-order valence-electron chi connectivity index (χ0n) is 22.9. The van der Waals surface area contributed by atoms with Crippen LogP contribution >= 0.6 is 11.6 Å². The van der Waals surface area contributed by atoms with E-state index < -0.39 is 0 Å². The number of nitrogen functional groups attached to an aromatic ring is 1. The fraction of sp³-hybridized carbons (Fsp3) is 0.414. The van der Waals surface area contributed by atoms with Crippen molar-refractivity contribution in [3.63, 3.8) is 0 Å². The molecule has 10 nitrogen and oxygen atoms in total. The standard InChI is InChI=1S/C29H36ClN9O/c1-35-10-12-37(13-11-35)26-19-27(34-28(31)33-26)39-9-8-21-2-7-25(18-22(21)20-39)36-14-16-38(17-15-36)29(40)32-24-5-3-23(30)4-6-24/h2-7,18-19H,8-17,20H2,1H3,(H,32,40)(H2,31,33,34). The molecule has 2 fully saturated rings. The van der Waals surface area contributed by atoms with Crippen LogP contribution in [0.1, 0.15) is 11.1 Å². The summed E-state index contributed by atoms with van der Waals surface area (Å²) in [4.78, 5) is 33.1. The number of nitrogens with two attached hydrogens (primary N) is 1. The number of aromatic nitrogens is 2. The lowest BCUT2D eigenvalue weighted by atomic mass is 9.98. The summed E-state index contributed by atoms with van der Waals surface area (Å²) >= 11 is 5.96. The Morgan fingerprint density at radius 1 is 0.800 bits per heavy atom. The molecule has 0 saturated carbocycles. The first-order valence-electron chi connectivity index (χ1n) is 13.9. The number of nitrogens with one attached hydrogen (secondary N) is 1. The number of amides is 2. The first kappa shape index (κ1) is 26.5. The van der Waals surface area contributed by atoms with Crippen molar-refractivity contribution >= 4 is 46.6 Å². The maximum Gasteiger partial charge on any atom is 0.321 e. The van der Waals surface area contributed by atoms with Crippen molar-refractivity contribution in [3.05, 3.63) is 64.7 Å². The van der Waals surface area contributed by atoms with Crippen LogP contribution in [0.15, 0.2) is 48.5 Å². The average Bonchev–Trinajstić information content (AvgIpc) is 2.98. The first-order valence-corrected chi connectivity index (χ1v) is 14.3. The molecule has 210 valence electrons. The van der Waals surface area contributed by atoms with E-state index in [2.05, 4.69) is 66.2 Å². The van der Waals surface area contributed by atoms with Crippen molar-refractivity contribution in [2.45, 2.75) is 13.0 Å². The number of nitrogens with zero attached hydrogens (tertiary/aromatic N) is 7. The number of benzene rings is 2. The number of piperazine rings is 2. The van der Waals surface area contributed by atoms with Gasteiger partial charge in [0.25, 0.3) is 0 Å². The third-order valence-electron chi connectivity index (χ3n) is 8.10. The molecule has 2 aromatic carbocycles. The largest absolute Gasteiger partial charge is 0.368 e. The van der Waals surface area contributed by atoms with Crippen molar-refractivity contribution < 1.29 is 4.79 Å². The number of urea groups is 1. The van der Waals surface area contributed by atoms with Gasteiger partial charge in [-0.1, -0.05) is 17.7 Å². The molecule has 40 heavy (non-hydrogen) atoms. The molecule has 4 heterocycles. The summed E-state index contributed by atoms with van der Waals surface area (Å²) in [6.45, 7) is 8.48. The van der Waals surface area contributed by atoms with Crippen molar-refractivity contribution in [2.24, 2.45) is 0 Å². The van der Waals surface area contributed by atoms with Crippen molar-refractivity contribution in [2.75, 3.05) is 91.7 Å². The number of hydrogen-bond donors (Lipinski definition) is 2. The van der Waals surface area contributed by atoms with Crippen LogP contribution < -0.4 is 25.8 Å². The highest BCUT2D eigenvalue weighted by Crippen LogP contribution is 2.30. The minimum atomic E-state index is -0.0804. The highest BCUT2D eigenvalue weighted by Gasteiger charge is 2.25. The Hall–Kier alpha value is -3.76. The Morgan fingerprint density at radius 2 is 1.48 bits per heavy atom. The number of likely N-dealkylation sites (N-methyl/N-ethyl adjacent to an activating group) is 1. The minimum absolute atomic E-state index is 0.0804. The number of carbonyl (C=O) groups is 1. The predicted octanol–water partition coefficient (Wildman–Crippen LogP) is 3.38. The predicted molar refractivity (Wildman–Crippen MR) is 162 cm³/mol. The zero-order chi connectivity index (χ0) is 27.6. The number of carbonyl (C=O) groups excluding carboxylic acids is 1. The minimum Gasteiger partial charge on any atom is -0.368 e. The molecule has 0 spiro atoms. The molecule has 3 aromatic rings. The first-order chi connectivity index (χ1) is 19.4. The van der Waals surface area contributed by atoms with Gasteiger partial charge in [0.15, 0.2) is 0 Å². The average molecular weight is 562 g/mol. The fourth-order valence-electron chi connectivity index (χ4n) is 5.64. The van der Waals surface area contributed by atoms with Gasteiger partial charge in [-0.3, -0.25) is 0 Å². The number of halogens is 1. The van der Waals surface area contributed by atoms with E-state index in [-0.39, 0.29) is 6.03 Å². The lowest BCUT2D eigenvalue weighted by Gasteiger charge is -2.37. The van der Waals surface area contributed by atoms with Gasteiger partial charge in [-0.25, -0.2) is 4.79 Å². The van der Waals surface area contributed by atoms with Crippen LogP contribution in [0.5, 0.6) is 0 Å². The number of anilines is 5. The quantitative estimate of drug-likeness (QED) is 0.500. The molecule has 1 aromatic heterocycles. The Bertz CT molecular complexity index is 1350. The van der Waals surface area contributed by atoms with Gasteiger partial charge < -0.3 is 35.6 Å². The third-order valence-corrected chi connectivity index (χ3v) is 8.35. The van der Waals surface area contributed by atoms with E-state index >= 15 is 0 Å². The van der Waals surface area contributed by atoms with Gasteiger partial charge in [-0.15, -0.1) is 0 Å². The zero-order valence-corrected chi connectivity index (χ0v) is 23.6. The summed E-state index contributed by atoms with van der Waals surface area (Å²) in [5, 5.41) is 3.61. The third kappa shape index (κ3) is 5.88. The Labute approximate surface area is 240 Å². The molecule has 3 aliphatic rings. The lowest BCUT2D eigenvalue weighted by molar-refractivity contribution is 0.208. The molecule has 0 unspecified atom stereocenters. The Morgan fingerprint density at radius 3 is 2.20 bits per heavy atom. The van der Waals surface area contributed by atoms with E-state index in [1.54, 1.807) is 12.1 Å². The summed E-state index contributed by atoms with van der Waals surface area (Å²) in [6, 6.07) is 16.0. The van der Waals surface area contributed by atoms with Gasteiger partial charge in [0, 0.05) is 87.9 Å². The van der Waals surface area contributed by atoms with Gasteiger partial charge in [0.1, 0.15) is 11.6 Å². The van der Waals surface area contributed by atoms with E-state index in [0.29, 0.717) is 24.1 Å². The van der Waals surface area contributed by atoms with E-state index in [0.717, 1.165) is 76.1 Å². The Kier molecular flexibility index (Phi) is 7.53. The molecular formula is C29H36ClN9O. The molecule has 11 heteroatoms. The summed E-state index contributed by atoms with van der Waals surface area (Å²) < 4.78 is 0. The Balaban J connectivity index is 1.10. The highest BCUT2D eigenvalue weighted by atomic mass is 35.5. The van der Waals surface area contributed by atoms with Crippen LogP contribution in [0.2, 0.25) is 5.02 Å². The summed E-state index contributed by atoms with van der Waals surface area (Å²) in [6.07, 6.45) is 0.960. The lowest BCUT2D eigenvalue weighted by Crippen LogP contribution is -2.50. The van der Waals surface area contributed by atoms with Crippen molar-refractivity contribution in [1.29, 1.82) is 0 Å². The van der Waals surface area contributed by atoms with E-state index in [9.17, 15) is 4.79 Å². The summed E-state index contributed by atoms with van der Waals surface area (Å²) in [7, 11) is 2.15. The maximum absolute atomic E-state index is 12.8. The molecule has 6 rings (SSSR count). The molecule has 0 radical (unpaired) electrons. The van der Waals surface area contributed by atoms with Crippen LogP contribution in [-0.2, 0) is 13.0 Å². The van der Waals surface area contributed by atoms with Crippen molar-refractivity contribution in [1.82, 2.24) is 19.8 Å². The van der Waals surface area contributed by atoms with Gasteiger partial charge in [0.05, 0.1) is 0 Å². The van der Waals surface area contributed by atoms with Crippen molar-refractivity contribution in [3.8, 4) is 0 Å². The second-order valence-electron chi connectivity index (χ2n) is 10.8. The molecule has 0 aliphatic carbocycles. The maximum atomic E-state index is 12.8. The van der Waals surface area contributed by atoms with Gasteiger partial charge in [-0.2, -0.15) is 9.97 Å². The monoisotopic (exact) mass is 561 g/mol. The van der Waals surface area contributed by atoms with Crippen LogP contribution in [0, 0.1) is 0 Å². The number of rotatable bonds is 4. The second kappa shape index (κ2) is 11.4. The van der Waals surface area contributed by atoms with Crippen LogP contribution in [0.25, 0.3) is 0 Å². The summed E-state index contributed by atoms with van der Waals surface area (Å²) in [5.41, 5.74) is 10.8. The molecule has 2 saturated heterocycles. The van der Waals surface area contributed by atoms with Gasteiger partial charge >= 0.3 is 6.03 Å². The topological polar surface area (TPSA) is 97.1 Å². The molecular weight excluding hydrogens is 526 g/mol. The summed E-state index contributed by atoms with van der Waals surface area (Å²) in [5.74, 6) is 2.12. The van der Waals surface area contributed by atoms with E-state index in [4.69, 9.17) is 17.3 Å². The SMILES string of the molecule is CN1CCN(c2cc(N3CCc4ccc(N5CCN(C(=O)Nc6ccc(Cl)cc6)CC5)cc4C3)nc(N)n2)CC1. The van der Waals surface area contributed by atoms with Gasteiger partial charge in [-0.05, 0) is 61.0 Å². The molecule has 2 amide bonds. The second-order valence-corrected chi connectivity index (χ2v) is 11.2. The van der Waals surface area contributed by atoms with E-state index in [1.807, 2.05) is 17.0 Å².